The lowest BCUT2D eigenvalue weighted by atomic mass is 10.1. The van der Waals surface area contributed by atoms with Crippen LogP contribution in [-0.4, -0.2) is 70.9 Å². The maximum Gasteiger partial charge on any atom is 0.342 e. The summed E-state index contributed by atoms with van der Waals surface area (Å²) < 4.78 is 20.9. The monoisotopic (exact) mass is 414 g/mol. The van der Waals surface area contributed by atoms with Crippen molar-refractivity contribution in [1.82, 2.24) is 4.90 Å². The lowest BCUT2D eigenvalue weighted by molar-refractivity contribution is -0.134. The number of methoxy groups -OCH3 is 3. The first kappa shape index (κ1) is 21.3. The predicted molar refractivity (Wildman–Crippen MR) is 112 cm³/mol. The molecule has 1 aliphatic heterocycles. The Morgan fingerprint density at radius 2 is 1.43 bits per heavy atom. The minimum atomic E-state index is -0.663. The van der Waals surface area contributed by atoms with Crippen molar-refractivity contribution in [2.75, 3.05) is 59.0 Å². The minimum absolute atomic E-state index is 0.164. The third-order valence-corrected chi connectivity index (χ3v) is 5.01. The highest BCUT2D eigenvalue weighted by atomic mass is 16.5. The van der Waals surface area contributed by atoms with Crippen molar-refractivity contribution < 1.29 is 28.5 Å². The summed E-state index contributed by atoms with van der Waals surface area (Å²) in [6.07, 6.45) is 0. The number of hydrogen-bond donors (Lipinski definition) is 0. The van der Waals surface area contributed by atoms with Crippen LogP contribution in [0.25, 0.3) is 0 Å². The van der Waals surface area contributed by atoms with Crippen LogP contribution in [0.15, 0.2) is 42.5 Å². The van der Waals surface area contributed by atoms with Crippen molar-refractivity contribution in [1.29, 1.82) is 0 Å². The molecule has 0 unspecified atom stereocenters. The van der Waals surface area contributed by atoms with Crippen molar-refractivity contribution in [2.45, 2.75) is 0 Å². The topological polar surface area (TPSA) is 77.5 Å². The van der Waals surface area contributed by atoms with Gasteiger partial charge in [-0.2, -0.15) is 0 Å². The Balaban J connectivity index is 1.57. The fourth-order valence-corrected chi connectivity index (χ4v) is 3.34. The molecule has 1 fully saturated rings. The first-order chi connectivity index (χ1) is 14.6. The van der Waals surface area contributed by atoms with Crippen LogP contribution in [0.3, 0.4) is 0 Å². The van der Waals surface area contributed by atoms with Crippen LogP contribution < -0.4 is 19.1 Å². The van der Waals surface area contributed by atoms with Gasteiger partial charge in [-0.25, -0.2) is 4.79 Å². The molecular weight excluding hydrogens is 388 g/mol. The number of piperazine rings is 1. The molecule has 0 N–H and O–H groups in total. The van der Waals surface area contributed by atoms with E-state index in [1.165, 1.54) is 27.4 Å². The average Bonchev–Trinajstić information content (AvgIpc) is 2.81. The van der Waals surface area contributed by atoms with E-state index in [1.54, 1.807) is 11.0 Å². The zero-order valence-electron chi connectivity index (χ0n) is 17.4. The third-order valence-electron chi connectivity index (χ3n) is 5.01. The Bertz CT molecular complexity index is 879. The van der Waals surface area contributed by atoms with Gasteiger partial charge in [-0.15, -0.1) is 0 Å². The third kappa shape index (κ3) is 4.76. The van der Waals surface area contributed by atoms with Gasteiger partial charge in [-0.05, 0) is 12.1 Å². The Labute approximate surface area is 175 Å². The molecule has 1 amide bonds. The van der Waals surface area contributed by atoms with E-state index >= 15 is 0 Å². The highest BCUT2D eigenvalue weighted by Crippen LogP contribution is 2.34. The van der Waals surface area contributed by atoms with E-state index in [0.29, 0.717) is 24.6 Å². The van der Waals surface area contributed by atoms with Crippen molar-refractivity contribution in [3.8, 4) is 17.2 Å². The first-order valence-electron chi connectivity index (χ1n) is 9.62. The smallest absolute Gasteiger partial charge is 0.342 e. The molecular formula is C22H26N2O6. The molecule has 160 valence electrons. The van der Waals surface area contributed by atoms with Crippen LogP contribution in [0, 0.1) is 0 Å². The van der Waals surface area contributed by atoms with E-state index in [9.17, 15) is 9.59 Å². The molecule has 0 spiro atoms. The quantitative estimate of drug-likeness (QED) is 0.643. The molecule has 8 nitrogen and oxygen atoms in total. The summed E-state index contributed by atoms with van der Waals surface area (Å²) in [5, 5.41) is 0. The van der Waals surface area contributed by atoms with Gasteiger partial charge in [0.25, 0.3) is 5.91 Å². The molecule has 8 heteroatoms. The van der Waals surface area contributed by atoms with Gasteiger partial charge in [0.05, 0.1) is 21.3 Å². The van der Waals surface area contributed by atoms with Gasteiger partial charge in [-0.1, -0.05) is 18.2 Å². The Hall–Kier alpha value is -3.42. The molecule has 0 saturated carbocycles. The molecule has 1 heterocycles. The van der Waals surface area contributed by atoms with Crippen molar-refractivity contribution in [2.24, 2.45) is 0 Å². The number of hydrogen-bond acceptors (Lipinski definition) is 7. The number of ether oxygens (including phenoxy) is 4. The van der Waals surface area contributed by atoms with Gasteiger partial charge >= 0.3 is 5.97 Å². The van der Waals surface area contributed by atoms with Crippen LogP contribution >= 0.6 is 0 Å². The second-order valence-corrected chi connectivity index (χ2v) is 6.69. The van der Waals surface area contributed by atoms with Gasteiger partial charge in [-0.3, -0.25) is 4.79 Å². The van der Waals surface area contributed by atoms with E-state index in [1.807, 2.05) is 18.2 Å². The molecule has 0 bridgehead atoms. The summed E-state index contributed by atoms with van der Waals surface area (Å²) in [6.45, 7) is 2.28. The Morgan fingerprint density at radius 1 is 0.833 bits per heavy atom. The fraction of sp³-hybridized carbons (Fsp3) is 0.364. The average molecular weight is 414 g/mol. The van der Waals surface area contributed by atoms with E-state index in [2.05, 4.69) is 17.0 Å². The van der Waals surface area contributed by atoms with Crippen LogP contribution in [0.2, 0.25) is 0 Å². The summed E-state index contributed by atoms with van der Waals surface area (Å²) in [5.41, 5.74) is 1.30. The largest absolute Gasteiger partial charge is 0.496 e. The molecule has 2 aromatic carbocycles. The number of amides is 1. The second-order valence-electron chi connectivity index (χ2n) is 6.69. The van der Waals surface area contributed by atoms with Crippen LogP contribution in [0.5, 0.6) is 17.2 Å². The zero-order chi connectivity index (χ0) is 21.5. The second kappa shape index (κ2) is 9.87. The van der Waals surface area contributed by atoms with E-state index < -0.39 is 5.97 Å². The van der Waals surface area contributed by atoms with E-state index in [4.69, 9.17) is 18.9 Å². The molecule has 0 aliphatic carbocycles. The molecule has 30 heavy (non-hydrogen) atoms. The molecule has 0 radical (unpaired) electrons. The maximum atomic E-state index is 12.5. The predicted octanol–water partition coefficient (Wildman–Crippen LogP) is 2.22. The number of rotatable bonds is 7. The SMILES string of the molecule is COc1cc(OC)c(C(=O)OCC(=O)N2CCN(c3ccccc3)CC2)cc1OC. The summed E-state index contributed by atoms with van der Waals surface area (Å²) in [6, 6.07) is 13.1. The Morgan fingerprint density at radius 3 is 2.03 bits per heavy atom. The standard InChI is InChI=1S/C22H26N2O6/c1-27-18-14-20(29-3)19(28-2)13-17(18)22(26)30-15-21(25)24-11-9-23(10-12-24)16-7-5-4-6-8-16/h4-8,13-14H,9-12,15H2,1-3H3. The first-order valence-corrected chi connectivity index (χ1v) is 9.62. The lowest BCUT2D eigenvalue weighted by Gasteiger charge is -2.36. The summed E-state index contributed by atoms with van der Waals surface area (Å²) >= 11 is 0. The molecule has 1 aliphatic rings. The number of anilines is 1. The maximum absolute atomic E-state index is 12.5. The number of carbonyl (C=O) groups is 2. The molecule has 1 saturated heterocycles. The number of nitrogens with zero attached hydrogens (tertiary/aromatic N) is 2. The normalized spacial score (nSPS) is 13.6. The van der Waals surface area contributed by atoms with E-state index in [-0.39, 0.29) is 23.8 Å². The fourth-order valence-electron chi connectivity index (χ4n) is 3.34. The molecule has 0 atom stereocenters. The van der Waals surface area contributed by atoms with Gasteiger partial charge in [0.2, 0.25) is 0 Å². The van der Waals surface area contributed by atoms with Crippen molar-refractivity contribution in [3.05, 3.63) is 48.0 Å². The van der Waals surface area contributed by atoms with Gasteiger partial charge in [0.15, 0.2) is 18.1 Å². The van der Waals surface area contributed by atoms with Crippen molar-refractivity contribution >= 4 is 17.6 Å². The number of esters is 1. The highest BCUT2D eigenvalue weighted by molar-refractivity contribution is 5.95. The van der Waals surface area contributed by atoms with Gasteiger partial charge in [0, 0.05) is 44.0 Å². The summed E-state index contributed by atoms with van der Waals surface area (Å²) in [7, 11) is 4.40. The van der Waals surface area contributed by atoms with E-state index in [0.717, 1.165) is 18.8 Å². The van der Waals surface area contributed by atoms with Crippen LogP contribution in [0.4, 0.5) is 5.69 Å². The molecule has 3 rings (SSSR count). The summed E-state index contributed by atoms with van der Waals surface area (Å²) in [4.78, 5) is 29.0. The van der Waals surface area contributed by atoms with Crippen LogP contribution in [-0.2, 0) is 9.53 Å². The van der Waals surface area contributed by atoms with Crippen LogP contribution in [0.1, 0.15) is 10.4 Å². The molecule has 0 aromatic heterocycles. The zero-order valence-corrected chi connectivity index (χ0v) is 17.4. The number of benzene rings is 2. The van der Waals surface area contributed by atoms with Gasteiger partial charge < -0.3 is 28.7 Å². The number of carbonyl (C=O) groups excluding carboxylic acids is 2. The Kier molecular flexibility index (Phi) is 7.00. The minimum Gasteiger partial charge on any atom is -0.496 e. The number of para-hydroxylation sites is 1. The lowest BCUT2D eigenvalue weighted by Crippen LogP contribution is -2.49. The summed E-state index contributed by atoms with van der Waals surface area (Å²) in [5.74, 6) is 0.188. The molecule has 2 aromatic rings. The van der Waals surface area contributed by atoms with Crippen molar-refractivity contribution in [3.63, 3.8) is 0 Å². The highest BCUT2D eigenvalue weighted by Gasteiger charge is 2.24. The van der Waals surface area contributed by atoms with Gasteiger partial charge in [0.1, 0.15) is 11.3 Å².